The first-order chi connectivity index (χ1) is 28.0. The highest BCUT2D eigenvalue weighted by molar-refractivity contribution is 5.77. The van der Waals surface area contributed by atoms with E-state index in [9.17, 15) is 19.8 Å². The van der Waals surface area contributed by atoms with Gasteiger partial charge < -0.3 is 20.3 Å². The molecule has 6 nitrogen and oxygen atoms in total. The van der Waals surface area contributed by atoms with Gasteiger partial charge in [-0.25, -0.2) is 0 Å². The summed E-state index contributed by atoms with van der Waals surface area (Å²) in [6.07, 6.45) is 50.0. The molecule has 3 atom stereocenters. The molecule has 0 aliphatic heterocycles. The van der Waals surface area contributed by atoms with Gasteiger partial charge in [-0.05, 0) is 51.4 Å². The summed E-state index contributed by atoms with van der Waals surface area (Å²) < 4.78 is 5.89. The number of aliphatic hydroxyl groups is 2. The van der Waals surface area contributed by atoms with Crippen LogP contribution < -0.4 is 5.32 Å². The highest BCUT2D eigenvalue weighted by Gasteiger charge is 2.24. The van der Waals surface area contributed by atoms with Gasteiger partial charge in [0.25, 0.3) is 0 Å². The highest BCUT2D eigenvalue weighted by atomic mass is 16.5. The molecule has 0 saturated heterocycles. The number of amides is 1. The van der Waals surface area contributed by atoms with E-state index in [-0.39, 0.29) is 24.9 Å². The van der Waals surface area contributed by atoms with Crippen LogP contribution in [0.5, 0.6) is 0 Å². The Hall–Kier alpha value is -1.40. The van der Waals surface area contributed by atoms with Crippen molar-refractivity contribution in [2.45, 2.75) is 296 Å². The second kappa shape index (κ2) is 45.7. The van der Waals surface area contributed by atoms with E-state index in [1.165, 1.54) is 180 Å². The van der Waals surface area contributed by atoms with Crippen LogP contribution in [-0.4, -0.2) is 46.9 Å². The van der Waals surface area contributed by atoms with Crippen molar-refractivity contribution in [1.29, 1.82) is 0 Å². The SMILES string of the molecule is CCCCCCCC/C=C\CCCCCC(=O)OC(CCCCCCCCCC)CC(=O)NC(CO)C(O)CCCCCCCCCCCCCCCCCCC. The van der Waals surface area contributed by atoms with Crippen LogP contribution in [0.4, 0.5) is 0 Å². The topological polar surface area (TPSA) is 95.9 Å². The number of hydrogen-bond acceptors (Lipinski definition) is 5. The van der Waals surface area contributed by atoms with Gasteiger partial charge in [-0.1, -0.05) is 226 Å². The molecule has 0 fully saturated rings. The summed E-state index contributed by atoms with van der Waals surface area (Å²) in [6, 6.07) is -0.696. The molecule has 3 N–H and O–H groups in total. The van der Waals surface area contributed by atoms with E-state index in [0.717, 1.165) is 51.4 Å². The van der Waals surface area contributed by atoms with Crippen LogP contribution >= 0.6 is 0 Å². The molecule has 338 valence electrons. The van der Waals surface area contributed by atoms with Gasteiger partial charge in [0, 0.05) is 6.42 Å². The average molecular weight is 806 g/mol. The van der Waals surface area contributed by atoms with Gasteiger partial charge in [-0.3, -0.25) is 9.59 Å². The van der Waals surface area contributed by atoms with Crippen molar-refractivity contribution >= 4 is 11.9 Å². The summed E-state index contributed by atoms with van der Waals surface area (Å²) in [5.41, 5.74) is 0. The summed E-state index contributed by atoms with van der Waals surface area (Å²) in [7, 11) is 0. The Kier molecular flexibility index (Phi) is 44.6. The number of ether oxygens (including phenoxy) is 1. The minimum atomic E-state index is -0.783. The van der Waals surface area contributed by atoms with E-state index in [2.05, 4.69) is 38.2 Å². The number of allylic oxidation sites excluding steroid dienone is 2. The molecule has 3 unspecified atom stereocenters. The van der Waals surface area contributed by atoms with Crippen molar-refractivity contribution in [3.05, 3.63) is 12.2 Å². The molecule has 0 spiro atoms. The van der Waals surface area contributed by atoms with Crippen LogP contribution in [0.1, 0.15) is 278 Å². The monoisotopic (exact) mass is 806 g/mol. The number of hydrogen-bond donors (Lipinski definition) is 3. The largest absolute Gasteiger partial charge is 0.462 e. The molecule has 0 rings (SSSR count). The fraction of sp³-hybridized carbons (Fsp3) is 0.922. The summed E-state index contributed by atoms with van der Waals surface area (Å²) in [5, 5.41) is 23.7. The van der Waals surface area contributed by atoms with Gasteiger partial charge in [0.05, 0.1) is 25.2 Å². The van der Waals surface area contributed by atoms with E-state index in [0.29, 0.717) is 19.3 Å². The summed E-state index contributed by atoms with van der Waals surface area (Å²) >= 11 is 0. The number of unbranched alkanes of at least 4 members (excludes halogenated alkanes) is 32. The first-order valence-electron chi connectivity index (χ1n) is 25.4. The number of carbonyl (C=O) groups excluding carboxylic acids is 2. The molecular formula is C51H99NO5. The summed E-state index contributed by atoms with van der Waals surface area (Å²) in [5.74, 6) is -0.482. The van der Waals surface area contributed by atoms with Crippen LogP contribution in [0.2, 0.25) is 0 Å². The van der Waals surface area contributed by atoms with Gasteiger partial charge in [0.15, 0.2) is 0 Å². The van der Waals surface area contributed by atoms with Crippen molar-refractivity contribution in [2.75, 3.05) is 6.61 Å². The van der Waals surface area contributed by atoms with Crippen LogP contribution in [0.15, 0.2) is 12.2 Å². The normalized spacial score (nSPS) is 13.3. The number of nitrogens with one attached hydrogen (secondary N) is 1. The standard InChI is InChI=1S/C51H99NO5/c1-4-7-10-13-16-19-21-23-24-25-26-28-29-31-34-37-40-43-49(54)48(46-53)52-50(55)45-47(42-39-36-33-18-15-12-9-6-3)57-51(56)44-41-38-35-32-30-27-22-20-17-14-11-8-5-2/h27,30,47-49,53-54H,4-26,28-29,31-46H2,1-3H3,(H,52,55)/b30-27-. The van der Waals surface area contributed by atoms with Gasteiger partial charge in [-0.15, -0.1) is 0 Å². The van der Waals surface area contributed by atoms with E-state index >= 15 is 0 Å². The molecule has 57 heavy (non-hydrogen) atoms. The smallest absolute Gasteiger partial charge is 0.306 e. The molecule has 0 aromatic heterocycles. The molecule has 0 bridgehead atoms. The zero-order chi connectivity index (χ0) is 41.7. The Balaban J connectivity index is 4.37. The molecule has 0 saturated carbocycles. The lowest BCUT2D eigenvalue weighted by Gasteiger charge is -2.24. The minimum Gasteiger partial charge on any atom is -0.462 e. The van der Waals surface area contributed by atoms with Crippen molar-refractivity contribution < 1.29 is 24.5 Å². The third kappa shape index (κ3) is 41.1. The minimum absolute atomic E-state index is 0.0774. The maximum absolute atomic E-state index is 13.1. The van der Waals surface area contributed by atoms with Crippen LogP contribution in [-0.2, 0) is 14.3 Å². The molecule has 0 aliphatic rings. The fourth-order valence-electron chi connectivity index (χ4n) is 7.96. The van der Waals surface area contributed by atoms with Crippen molar-refractivity contribution in [3.8, 4) is 0 Å². The first-order valence-corrected chi connectivity index (χ1v) is 25.4. The lowest BCUT2D eigenvalue weighted by Crippen LogP contribution is -2.46. The number of aliphatic hydroxyl groups excluding tert-OH is 2. The Bertz CT molecular complexity index is 863. The van der Waals surface area contributed by atoms with Gasteiger partial charge in [-0.2, -0.15) is 0 Å². The van der Waals surface area contributed by atoms with Crippen LogP contribution in [0.25, 0.3) is 0 Å². The fourth-order valence-corrected chi connectivity index (χ4v) is 7.96. The Morgan fingerprint density at radius 1 is 0.491 bits per heavy atom. The molecule has 0 aromatic rings. The molecule has 0 aromatic carbocycles. The molecule has 0 radical (unpaired) electrons. The maximum atomic E-state index is 13.1. The number of rotatable bonds is 46. The molecule has 0 heterocycles. The third-order valence-electron chi connectivity index (χ3n) is 11.8. The van der Waals surface area contributed by atoms with Gasteiger partial charge >= 0.3 is 5.97 Å². The van der Waals surface area contributed by atoms with E-state index in [1.807, 2.05) is 0 Å². The predicted molar refractivity (Wildman–Crippen MR) is 246 cm³/mol. The Labute approximate surface area is 355 Å². The molecule has 6 heteroatoms. The Morgan fingerprint density at radius 3 is 1.25 bits per heavy atom. The van der Waals surface area contributed by atoms with Gasteiger partial charge in [0.2, 0.25) is 5.91 Å². The molecule has 0 aliphatic carbocycles. The second-order valence-electron chi connectivity index (χ2n) is 17.6. The van der Waals surface area contributed by atoms with E-state index in [1.54, 1.807) is 0 Å². The molecular weight excluding hydrogens is 707 g/mol. The van der Waals surface area contributed by atoms with E-state index in [4.69, 9.17) is 4.74 Å². The highest BCUT2D eigenvalue weighted by Crippen LogP contribution is 2.18. The van der Waals surface area contributed by atoms with Crippen molar-refractivity contribution in [3.63, 3.8) is 0 Å². The van der Waals surface area contributed by atoms with Crippen LogP contribution in [0.3, 0.4) is 0 Å². The zero-order valence-electron chi connectivity index (χ0n) is 38.5. The van der Waals surface area contributed by atoms with Crippen molar-refractivity contribution in [2.24, 2.45) is 0 Å². The van der Waals surface area contributed by atoms with Crippen molar-refractivity contribution in [1.82, 2.24) is 5.32 Å². The zero-order valence-corrected chi connectivity index (χ0v) is 38.5. The predicted octanol–water partition coefficient (Wildman–Crippen LogP) is 15.0. The van der Waals surface area contributed by atoms with E-state index < -0.39 is 18.2 Å². The van der Waals surface area contributed by atoms with Crippen LogP contribution in [0, 0.1) is 0 Å². The average Bonchev–Trinajstić information content (AvgIpc) is 3.20. The summed E-state index contributed by atoms with van der Waals surface area (Å²) in [6.45, 7) is 6.47. The maximum Gasteiger partial charge on any atom is 0.306 e. The summed E-state index contributed by atoms with van der Waals surface area (Å²) in [4.78, 5) is 26.0. The molecule has 1 amide bonds. The van der Waals surface area contributed by atoms with Gasteiger partial charge in [0.1, 0.15) is 6.10 Å². The second-order valence-corrected chi connectivity index (χ2v) is 17.6. The quantitative estimate of drug-likeness (QED) is 0.0323. The lowest BCUT2D eigenvalue weighted by atomic mass is 10.0. The Morgan fingerprint density at radius 2 is 0.842 bits per heavy atom. The first kappa shape index (κ1) is 55.6. The lowest BCUT2D eigenvalue weighted by molar-refractivity contribution is -0.151. The third-order valence-corrected chi connectivity index (χ3v) is 11.8. The number of carbonyl (C=O) groups is 2. The number of esters is 1.